The number of piperidine rings is 1. The van der Waals surface area contributed by atoms with Crippen molar-refractivity contribution in [2.45, 2.75) is 51.1 Å². The first-order valence-corrected chi connectivity index (χ1v) is 5.77. The minimum atomic E-state index is 0.347. The molecule has 0 aromatic heterocycles. The second-order valence-electron chi connectivity index (χ2n) is 4.87. The van der Waals surface area contributed by atoms with Gasteiger partial charge in [0.1, 0.15) is 0 Å². The van der Waals surface area contributed by atoms with Gasteiger partial charge in [0.05, 0.1) is 0 Å². The number of hydrogen-bond donors (Lipinski definition) is 1. The fourth-order valence-corrected chi connectivity index (χ4v) is 3.15. The molecule has 2 nitrogen and oxygen atoms in total. The number of nitrogens with two attached hydrogens (primary N) is 1. The van der Waals surface area contributed by atoms with Gasteiger partial charge in [0, 0.05) is 18.6 Å². The molecule has 2 aliphatic rings. The Hall–Kier alpha value is -0.0800. The first kappa shape index (κ1) is 9.47. The van der Waals surface area contributed by atoms with Gasteiger partial charge in [-0.15, -0.1) is 0 Å². The van der Waals surface area contributed by atoms with Crippen molar-refractivity contribution in [1.82, 2.24) is 4.90 Å². The zero-order valence-electron chi connectivity index (χ0n) is 8.71. The molecular weight excluding hydrogens is 160 g/mol. The van der Waals surface area contributed by atoms with Crippen LogP contribution in [0, 0.1) is 5.92 Å². The van der Waals surface area contributed by atoms with Crippen LogP contribution in [0.15, 0.2) is 0 Å². The molecule has 0 spiro atoms. The fourth-order valence-electron chi connectivity index (χ4n) is 3.15. The van der Waals surface area contributed by atoms with E-state index in [1.807, 2.05) is 0 Å². The summed E-state index contributed by atoms with van der Waals surface area (Å²) in [7, 11) is 0. The van der Waals surface area contributed by atoms with Crippen molar-refractivity contribution < 1.29 is 0 Å². The van der Waals surface area contributed by atoms with Crippen molar-refractivity contribution in [3.63, 3.8) is 0 Å². The Kier molecular flexibility index (Phi) is 2.89. The second kappa shape index (κ2) is 3.97. The standard InChI is InChI=1S/C11H22N2/c1-9(12)8-13-7-3-5-10-4-2-6-11(10)13/h9-11H,2-8,12H2,1H3. The van der Waals surface area contributed by atoms with Crippen molar-refractivity contribution >= 4 is 0 Å². The maximum Gasteiger partial charge on any atom is 0.0139 e. The molecule has 1 saturated carbocycles. The molecule has 1 saturated heterocycles. The molecule has 2 rings (SSSR count). The summed E-state index contributed by atoms with van der Waals surface area (Å²) in [6.45, 7) is 4.53. The maximum atomic E-state index is 5.86. The fraction of sp³-hybridized carbons (Fsp3) is 1.00. The predicted octanol–water partition coefficient (Wildman–Crippen LogP) is 1.60. The molecule has 0 aromatic carbocycles. The van der Waals surface area contributed by atoms with Crippen LogP contribution in [0.25, 0.3) is 0 Å². The molecule has 3 atom stereocenters. The molecule has 2 N–H and O–H groups in total. The van der Waals surface area contributed by atoms with Crippen LogP contribution in [0.2, 0.25) is 0 Å². The van der Waals surface area contributed by atoms with E-state index >= 15 is 0 Å². The Bertz CT molecular complexity index is 167. The van der Waals surface area contributed by atoms with Crippen molar-refractivity contribution in [2.75, 3.05) is 13.1 Å². The first-order valence-electron chi connectivity index (χ1n) is 5.77. The van der Waals surface area contributed by atoms with Crippen molar-refractivity contribution in [3.8, 4) is 0 Å². The van der Waals surface area contributed by atoms with Crippen LogP contribution in [0.5, 0.6) is 0 Å². The summed E-state index contributed by atoms with van der Waals surface area (Å²) >= 11 is 0. The molecule has 0 aromatic rings. The Morgan fingerprint density at radius 2 is 2.08 bits per heavy atom. The summed E-state index contributed by atoms with van der Waals surface area (Å²) in [5, 5.41) is 0. The van der Waals surface area contributed by atoms with Crippen LogP contribution in [0.1, 0.15) is 39.0 Å². The third kappa shape index (κ3) is 2.05. The van der Waals surface area contributed by atoms with Gasteiger partial charge in [-0.25, -0.2) is 0 Å². The van der Waals surface area contributed by atoms with E-state index in [1.54, 1.807) is 0 Å². The van der Waals surface area contributed by atoms with Crippen molar-refractivity contribution in [3.05, 3.63) is 0 Å². The van der Waals surface area contributed by atoms with Gasteiger partial charge in [-0.05, 0) is 45.1 Å². The zero-order valence-corrected chi connectivity index (χ0v) is 8.71. The summed E-state index contributed by atoms with van der Waals surface area (Å²) in [4.78, 5) is 2.64. The molecular formula is C11H22N2. The first-order chi connectivity index (χ1) is 6.27. The Balaban J connectivity index is 1.93. The lowest BCUT2D eigenvalue weighted by molar-refractivity contribution is 0.108. The number of fused-ring (bicyclic) bond motifs is 1. The Morgan fingerprint density at radius 3 is 2.85 bits per heavy atom. The maximum absolute atomic E-state index is 5.86. The minimum absolute atomic E-state index is 0.347. The van der Waals surface area contributed by atoms with E-state index in [-0.39, 0.29) is 0 Å². The van der Waals surface area contributed by atoms with E-state index < -0.39 is 0 Å². The van der Waals surface area contributed by atoms with Crippen molar-refractivity contribution in [1.29, 1.82) is 0 Å². The predicted molar refractivity (Wildman–Crippen MR) is 55.6 cm³/mol. The highest BCUT2D eigenvalue weighted by molar-refractivity contribution is 4.89. The molecule has 2 fully saturated rings. The molecule has 0 amide bonds. The molecule has 13 heavy (non-hydrogen) atoms. The average molecular weight is 182 g/mol. The normalized spacial score (nSPS) is 37.4. The monoisotopic (exact) mass is 182 g/mol. The number of nitrogens with zero attached hydrogens (tertiary/aromatic N) is 1. The molecule has 1 aliphatic carbocycles. The number of hydrogen-bond acceptors (Lipinski definition) is 2. The summed E-state index contributed by atoms with van der Waals surface area (Å²) < 4.78 is 0. The highest BCUT2D eigenvalue weighted by Gasteiger charge is 2.34. The molecule has 1 heterocycles. The van der Waals surface area contributed by atoms with Crippen LogP contribution < -0.4 is 5.73 Å². The van der Waals surface area contributed by atoms with Gasteiger partial charge in [0.25, 0.3) is 0 Å². The van der Waals surface area contributed by atoms with Gasteiger partial charge in [-0.3, -0.25) is 4.90 Å². The SMILES string of the molecule is CC(N)CN1CCCC2CCCC21. The molecule has 2 heteroatoms. The van der Waals surface area contributed by atoms with Gasteiger partial charge in [-0.2, -0.15) is 0 Å². The quantitative estimate of drug-likeness (QED) is 0.703. The van der Waals surface area contributed by atoms with Gasteiger partial charge in [-0.1, -0.05) is 6.42 Å². The Morgan fingerprint density at radius 1 is 1.31 bits per heavy atom. The average Bonchev–Trinajstić information content (AvgIpc) is 2.51. The summed E-state index contributed by atoms with van der Waals surface area (Å²) in [5.74, 6) is 1.01. The van der Waals surface area contributed by atoms with E-state index in [2.05, 4.69) is 11.8 Å². The van der Waals surface area contributed by atoms with E-state index in [0.717, 1.165) is 18.5 Å². The van der Waals surface area contributed by atoms with Gasteiger partial charge < -0.3 is 5.73 Å². The number of likely N-dealkylation sites (tertiary alicyclic amines) is 1. The van der Waals surface area contributed by atoms with Gasteiger partial charge >= 0.3 is 0 Å². The van der Waals surface area contributed by atoms with Crippen LogP contribution in [0.3, 0.4) is 0 Å². The van der Waals surface area contributed by atoms with E-state index in [1.165, 1.54) is 38.6 Å². The zero-order chi connectivity index (χ0) is 9.26. The van der Waals surface area contributed by atoms with Gasteiger partial charge in [0.2, 0.25) is 0 Å². The van der Waals surface area contributed by atoms with E-state index in [9.17, 15) is 0 Å². The van der Waals surface area contributed by atoms with Crippen LogP contribution in [-0.2, 0) is 0 Å². The van der Waals surface area contributed by atoms with E-state index in [4.69, 9.17) is 5.73 Å². The van der Waals surface area contributed by atoms with Crippen molar-refractivity contribution in [2.24, 2.45) is 11.7 Å². The second-order valence-corrected chi connectivity index (χ2v) is 4.87. The lowest BCUT2D eigenvalue weighted by Crippen LogP contribution is -2.47. The summed E-state index contributed by atoms with van der Waals surface area (Å²) in [6.07, 6.45) is 7.22. The molecule has 3 unspecified atom stereocenters. The molecule has 1 aliphatic heterocycles. The highest BCUT2D eigenvalue weighted by Crippen LogP contribution is 2.36. The third-order valence-electron chi connectivity index (χ3n) is 3.63. The molecule has 0 radical (unpaired) electrons. The smallest absolute Gasteiger partial charge is 0.0139 e. The lowest BCUT2D eigenvalue weighted by atomic mass is 9.92. The summed E-state index contributed by atoms with van der Waals surface area (Å²) in [5.41, 5.74) is 5.86. The minimum Gasteiger partial charge on any atom is -0.327 e. The van der Waals surface area contributed by atoms with Gasteiger partial charge in [0.15, 0.2) is 0 Å². The third-order valence-corrected chi connectivity index (χ3v) is 3.63. The summed E-state index contributed by atoms with van der Waals surface area (Å²) in [6, 6.07) is 1.24. The number of rotatable bonds is 2. The van der Waals surface area contributed by atoms with Crippen LogP contribution >= 0.6 is 0 Å². The topological polar surface area (TPSA) is 29.3 Å². The highest BCUT2D eigenvalue weighted by atomic mass is 15.2. The molecule has 0 bridgehead atoms. The van der Waals surface area contributed by atoms with Crippen LogP contribution in [-0.4, -0.2) is 30.1 Å². The Labute approximate surface area is 81.5 Å². The van der Waals surface area contributed by atoms with Crippen LogP contribution in [0.4, 0.5) is 0 Å². The lowest BCUT2D eigenvalue weighted by Gasteiger charge is -2.38. The molecule has 76 valence electrons. The largest absolute Gasteiger partial charge is 0.327 e. The van der Waals surface area contributed by atoms with E-state index in [0.29, 0.717) is 6.04 Å².